The maximum atomic E-state index is 12.8. The summed E-state index contributed by atoms with van der Waals surface area (Å²) in [6.07, 6.45) is 3.58. The highest BCUT2D eigenvalue weighted by Gasteiger charge is 2.50. The topological polar surface area (TPSA) is 60.2 Å². The van der Waals surface area contributed by atoms with Crippen molar-refractivity contribution in [3.05, 3.63) is 77.6 Å². The number of halogens is 1. The van der Waals surface area contributed by atoms with Gasteiger partial charge in [0, 0.05) is 20.1 Å². The largest absolute Gasteiger partial charge is 0.468 e. The molecule has 2 aromatic carbocycles. The van der Waals surface area contributed by atoms with Crippen molar-refractivity contribution in [3.63, 3.8) is 0 Å². The van der Waals surface area contributed by atoms with E-state index in [-0.39, 0.29) is 23.8 Å². The van der Waals surface area contributed by atoms with Gasteiger partial charge in [0.2, 0.25) is 5.95 Å². The van der Waals surface area contributed by atoms with Crippen LogP contribution < -0.4 is 4.90 Å². The van der Waals surface area contributed by atoms with Crippen molar-refractivity contribution in [1.29, 1.82) is 0 Å². The first kappa shape index (κ1) is 22.3. The number of carbonyl (C=O) groups is 1. The lowest BCUT2D eigenvalue weighted by atomic mass is 9.73. The van der Waals surface area contributed by atoms with E-state index in [4.69, 9.17) is 4.74 Å². The van der Waals surface area contributed by atoms with E-state index in [0.717, 1.165) is 43.3 Å². The van der Waals surface area contributed by atoms with Crippen LogP contribution in [0.3, 0.4) is 0 Å². The zero-order chi connectivity index (χ0) is 21.5. The van der Waals surface area contributed by atoms with E-state index in [1.54, 1.807) is 0 Å². The van der Waals surface area contributed by atoms with E-state index in [9.17, 15) is 4.79 Å². The quantitative estimate of drug-likeness (QED) is 0.547. The van der Waals surface area contributed by atoms with Gasteiger partial charge in [0.1, 0.15) is 5.82 Å². The lowest BCUT2D eigenvalue weighted by Crippen LogP contribution is -2.48. The Kier molecular flexibility index (Phi) is 5.99. The monoisotopic (exact) mass is 452 g/mol. The number of esters is 1. The van der Waals surface area contributed by atoms with Crippen molar-refractivity contribution < 1.29 is 9.53 Å². The van der Waals surface area contributed by atoms with Crippen LogP contribution in [0.2, 0.25) is 0 Å². The second-order valence-corrected chi connectivity index (χ2v) is 8.76. The average molecular weight is 453 g/mol. The van der Waals surface area contributed by atoms with Crippen molar-refractivity contribution >= 4 is 24.3 Å². The smallest absolute Gasteiger partial charge is 0.316 e. The minimum atomic E-state index is -0.602. The maximum absolute atomic E-state index is 12.8. The predicted molar refractivity (Wildman–Crippen MR) is 126 cm³/mol. The fourth-order valence-corrected chi connectivity index (χ4v) is 5.19. The molecular weight excluding hydrogens is 424 g/mol. The van der Waals surface area contributed by atoms with Crippen LogP contribution >= 0.6 is 12.4 Å². The molecule has 0 spiro atoms. The van der Waals surface area contributed by atoms with Gasteiger partial charge in [0.25, 0.3) is 0 Å². The number of methoxy groups -OCH3 is 1. The molecule has 1 aliphatic heterocycles. The van der Waals surface area contributed by atoms with Gasteiger partial charge in [-0.05, 0) is 36.8 Å². The lowest BCUT2D eigenvalue weighted by Gasteiger charge is -2.40. The van der Waals surface area contributed by atoms with Crippen LogP contribution in [0.1, 0.15) is 42.6 Å². The molecule has 1 aromatic heterocycles. The van der Waals surface area contributed by atoms with E-state index in [1.165, 1.54) is 12.7 Å². The van der Waals surface area contributed by atoms with Crippen LogP contribution in [0.5, 0.6) is 0 Å². The molecule has 5 rings (SSSR count). The van der Waals surface area contributed by atoms with Crippen molar-refractivity contribution in [2.45, 2.75) is 36.5 Å². The summed E-state index contributed by atoms with van der Waals surface area (Å²) >= 11 is 0. The third kappa shape index (κ3) is 3.47. The van der Waals surface area contributed by atoms with Crippen LogP contribution in [0, 0.1) is 0 Å². The Hall–Kier alpha value is -2.86. The molecule has 0 unspecified atom stereocenters. The van der Waals surface area contributed by atoms with Crippen molar-refractivity contribution in [2.75, 3.05) is 25.1 Å². The highest BCUT2D eigenvalue weighted by molar-refractivity contribution is 5.85. The summed E-state index contributed by atoms with van der Waals surface area (Å²) in [7, 11) is 3.54. The molecule has 3 aromatic rings. The minimum absolute atomic E-state index is 0. The molecule has 0 bridgehead atoms. The first-order valence-corrected chi connectivity index (χ1v) is 10.9. The Balaban J connectivity index is 0.00000245. The van der Waals surface area contributed by atoms with Crippen LogP contribution in [-0.4, -0.2) is 40.9 Å². The molecule has 1 aliphatic carbocycles. The first-order valence-electron chi connectivity index (χ1n) is 10.9. The SMILES string of the molecule is COC(=O)C1(c2ccccc2)CCN(c2nnc(C3(c4ccccc4)CC3)n2C)CC1.Cl. The summed E-state index contributed by atoms with van der Waals surface area (Å²) in [6.45, 7) is 1.46. The zero-order valence-corrected chi connectivity index (χ0v) is 19.3. The number of aromatic nitrogens is 3. The molecule has 32 heavy (non-hydrogen) atoms. The average Bonchev–Trinajstić information content (AvgIpc) is 3.55. The number of rotatable bonds is 5. The number of nitrogens with zero attached hydrogens (tertiary/aromatic N) is 4. The fraction of sp³-hybridized carbons (Fsp3) is 0.400. The summed E-state index contributed by atoms with van der Waals surface area (Å²) in [5.74, 6) is 1.75. The molecule has 1 saturated carbocycles. The highest BCUT2D eigenvalue weighted by Crippen LogP contribution is 2.53. The maximum Gasteiger partial charge on any atom is 0.316 e. The molecule has 1 saturated heterocycles. The molecule has 2 aliphatic rings. The fourth-order valence-electron chi connectivity index (χ4n) is 5.19. The van der Waals surface area contributed by atoms with Crippen LogP contribution in [0.4, 0.5) is 5.95 Å². The van der Waals surface area contributed by atoms with E-state index >= 15 is 0 Å². The lowest BCUT2D eigenvalue weighted by molar-refractivity contribution is -0.148. The van der Waals surface area contributed by atoms with Gasteiger partial charge in [-0.25, -0.2) is 0 Å². The molecule has 6 nitrogen and oxygen atoms in total. The second kappa shape index (κ2) is 8.58. The van der Waals surface area contributed by atoms with E-state index < -0.39 is 5.41 Å². The minimum Gasteiger partial charge on any atom is -0.468 e. The van der Waals surface area contributed by atoms with Gasteiger partial charge in [0.15, 0.2) is 0 Å². The van der Waals surface area contributed by atoms with Crippen LogP contribution in [0.15, 0.2) is 60.7 Å². The van der Waals surface area contributed by atoms with E-state index in [0.29, 0.717) is 12.8 Å². The third-order valence-corrected chi connectivity index (χ3v) is 7.16. The molecule has 2 heterocycles. The molecule has 2 fully saturated rings. The number of hydrogen-bond donors (Lipinski definition) is 0. The molecule has 0 atom stereocenters. The number of piperidine rings is 1. The molecule has 7 heteroatoms. The molecule has 0 amide bonds. The molecule has 0 N–H and O–H groups in total. The molecule has 168 valence electrons. The Morgan fingerprint density at radius 3 is 1.97 bits per heavy atom. The Morgan fingerprint density at radius 1 is 0.875 bits per heavy atom. The van der Waals surface area contributed by atoms with Gasteiger partial charge < -0.3 is 9.64 Å². The standard InChI is InChI=1S/C25H28N4O2.ClH/c1-28-21(24(13-14-24)19-9-5-3-6-10-19)26-27-23(28)29-17-15-25(16-18-29,22(30)31-2)20-11-7-4-8-12-20;/h3-12H,13-18H2,1-2H3;1H. The summed E-state index contributed by atoms with van der Waals surface area (Å²) in [5.41, 5.74) is 1.72. The van der Waals surface area contributed by atoms with Crippen LogP contribution in [-0.2, 0) is 27.4 Å². The van der Waals surface area contributed by atoms with E-state index in [2.05, 4.69) is 57.0 Å². The molecule has 0 radical (unpaired) electrons. The van der Waals surface area contributed by atoms with Gasteiger partial charge in [-0.15, -0.1) is 22.6 Å². The predicted octanol–water partition coefficient (Wildman–Crippen LogP) is 4.03. The Morgan fingerprint density at radius 2 is 1.44 bits per heavy atom. The summed E-state index contributed by atoms with van der Waals surface area (Å²) in [6, 6.07) is 20.6. The number of carbonyl (C=O) groups excluding carboxylic acids is 1. The summed E-state index contributed by atoms with van der Waals surface area (Å²) in [4.78, 5) is 15.1. The summed E-state index contributed by atoms with van der Waals surface area (Å²) in [5, 5.41) is 9.21. The number of ether oxygens (including phenoxy) is 1. The zero-order valence-electron chi connectivity index (χ0n) is 18.5. The number of hydrogen-bond acceptors (Lipinski definition) is 5. The third-order valence-electron chi connectivity index (χ3n) is 7.16. The first-order chi connectivity index (χ1) is 15.1. The summed E-state index contributed by atoms with van der Waals surface area (Å²) < 4.78 is 7.37. The van der Waals surface area contributed by atoms with Crippen molar-refractivity contribution in [1.82, 2.24) is 14.8 Å². The molecular formula is C25H29ClN4O2. The van der Waals surface area contributed by atoms with Gasteiger partial charge >= 0.3 is 5.97 Å². The van der Waals surface area contributed by atoms with E-state index in [1.807, 2.05) is 30.3 Å². The Labute approximate surface area is 195 Å². The Bertz CT molecular complexity index is 1070. The highest BCUT2D eigenvalue weighted by atomic mass is 35.5. The van der Waals surface area contributed by atoms with Crippen molar-refractivity contribution in [2.24, 2.45) is 7.05 Å². The van der Waals surface area contributed by atoms with Crippen LogP contribution in [0.25, 0.3) is 0 Å². The van der Waals surface area contributed by atoms with Crippen molar-refractivity contribution in [3.8, 4) is 0 Å². The number of benzene rings is 2. The van der Waals surface area contributed by atoms with Gasteiger partial charge in [-0.2, -0.15) is 0 Å². The van der Waals surface area contributed by atoms with Gasteiger partial charge in [-0.3, -0.25) is 9.36 Å². The van der Waals surface area contributed by atoms with Gasteiger partial charge in [-0.1, -0.05) is 60.7 Å². The normalized spacial score (nSPS) is 18.5. The second-order valence-electron chi connectivity index (χ2n) is 8.76. The van der Waals surface area contributed by atoms with Gasteiger partial charge in [0.05, 0.1) is 17.9 Å². The number of anilines is 1.